The molecule has 1 amide bonds. The Morgan fingerprint density at radius 2 is 1.70 bits per heavy atom. The van der Waals surface area contributed by atoms with E-state index in [1.54, 1.807) is 24.3 Å². The Kier molecular flexibility index (Phi) is 3.77. The monoisotopic (exact) mass is 338 g/mol. The summed E-state index contributed by atoms with van der Waals surface area (Å²) in [6.07, 6.45) is -3.96. The summed E-state index contributed by atoms with van der Waals surface area (Å²) in [5.74, 6) is -0.590. The molecule has 3 nitrogen and oxygen atoms in total. The number of nitrogens with zero attached hydrogens (tertiary/aromatic N) is 1. The van der Waals surface area contributed by atoms with Crippen molar-refractivity contribution in [3.63, 3.8) is 0 Å². The molecular weight excluding hydrogens is 329 g/mol. The molecule has 2 aromatic rings. The normalized spacial score (nSPS) is 15.5. The zero-order valence-corrected chi connectivity index (χ0v) is 12.3. The van der Waals surface area contributed by atoms with Crippen LogP contribution < -0.4 is 10.2 Å². The minimum absolute atomic E-state index is 0.0480. The number of anilines is 2. The number of hydrogen-bond acceptors (Lipinski definition) is 2. The fourth-order valence-corrected chi connectivity index (χ4v) is 2.55. The van der Waals surface area contributed by atoms with Crippen molar-refractivity contribution in [1.29, 1.82) is 0 Å². The molecule has 1 aliphatic heterocycles. The third-order valence-corrected chi connectivity index (χ3v) is 3.67. The van der Waals surface area contributed by atoms with E-state index in [-0.39, 0.29) is 21.2 Å². The summed E-state index contributed by atoms with van der Waals surface area (Å²) >= 11 is 5.88. The summed E-state index contributed by atoms with van der Waals surface area (Å²) in [5.41, 5.74) is 0.577. The molecule has 118 valence electrons. The van der Waals surface area contributed by atoms with E-state index in [9.17, 15) is 18.0 Å². The molecule has 1 aliphatic rings. The maximum atomic E-state index is 13.4. The van der Waals surface area contributed by atoms with Gasteiger partial charge in [-0.3, -0.25) is 9.69 Å². The first-order valence-electron chi connectivity index (χ1n) is 6.61. The van der Waals surface area contributed by atoms with Gasteiger partial charge in [0, 0.05) is 17.5 Å². The first-order chi connectivity index (χ1) is 10.9. The van der Waals surface area contributed by atoms with Crippen molar-refractivity contribution in [3.05, 3.63) is 65.3 Å². The molecule has 0 aromatic heterocycles. The average molecular weight is 339 g/mol. The largest absolute Gasteiger partial charge is 0.488 e. The number of amides is 1. The molecule has 23 heavy (non-hydrogen) atoms. The number of benzene rings is 2. The van der Waals surface area contributed by atoms with E-state index in [0.717, 1.165) is 6.20 Å². The number of fused-ring (bicyclic) bond motifs is 1. The number of carbonyl (C=O) groups is 1. The molecule has 0 radical (unpaired) electrons. The Bertz CT molecular complexity index is 802. The van der Waals surface area contributed by atoms with Crippen molar-refractivity contribution in [2.75, 3.05) is 10.2 Å². The van der Waals surface area contributed by atoms with Crippen molar-refractivity contribution in [2.24, 2.45) is 0 Å². The lowest BCUT2D eigenvalue weighted by molar-refractivity contribution is -0.122. The van der Waals surface area contributed by atoms with Crippen LogP contribution in [0.3, 0.4) is 0 Å². The van der Waals surface area contributed by atoms with Crippen molar-refractivity contribution in [2.45, 2.75) is 6.30 Å². The highest BCUT2D eigenvalue weighted by Crippen LogP contribution is 2.38. The first-order valence-corrected chi connectivity index (χ1v) is 6.99. The molecule has 1 N–H and O–H groups in total. The smallest absolute Gasteiger partial charge is 0.321 e. The Balaban J connectivity index is 2.13. The van der Waals surface area contributed by atoms with Crippen LogP contribution in [-0.4, -0.2) is 12.2 Å². The van der Waals surface area contributed by atoms with Gasteiger partial charge in [0.05, 0.1) is 16.3 Å². The van der Waals surface area contributed by atoms with Crippen LogP contribution >= 0.6 is 11.6 Å². The summed E-state index contributed by atoms with van der Waals surface area (Å²) in [4.78, 5) is 12.1. The van der Waals surface area contributed by atoms with E-state index in [1.165, 1.54) is 24.3 Å². The van der Waals surface area contributed by atoms with Gasteiger partial charge in [-0.15, -0.1) is 13.2 Å². The number of nitrogens with one attached hydrogen (secondary N) is 1. The molecule has 7 heteroatoms. The van der Waals surface area contributed by atoms with E-state index in [2.05, 4.69) is 5.32 Å². The zero-order valence-electron chi connectivity index (χ0n) is 11.6. The second-order valence-electron chi connectivity index (χ2n) is 4.83. The third kappa shape index (κ3) is 2.90. The van der Waals surface area contributed by atoms with Crippen LogP contribution in [0.1, 0.15) is 5.56 Å². The van der Waals surface area contributed by atoms with Gasteiger partial charge in [0.15, 0.2) is 0 Å². The Morgan fingerprint density at radius 1 is 1.04 bits per heavy atom. The highest BCUT2D eigenvalue weighted by Gasteiger charge is 2.39. The topological polar surface area (TPSA) is 32.3 Å². The number of para-hydroxylation sites is 2. The van der Waals surface area contributed by atoms with E-state index in [0.29, 0.717) is 11.3 Å². The van der Waals surface area contributed by atoms with E-state index in [4.69, 9.17) is 11.6 Å². The summed E-state index contributed by atoms with van der Waals surface area (Å²) in [6.45, 7) is 0. The average Bonchev–Trinajstić information content (AvgIpc) is 2.80. The molecule has 0 bridgehead atoms. The zero-order chi connectivity index (χ0) is 16.6. The van der Waals surface area contributed by atoms with Gasteiger partial charge in [-0.25, -0.2) is 0 Å². The molecule has 0 fully saturated rings. The summed E-state index contributed by atoms with van der Waals surface area (Å²) < 4.78 is 40.3. The molecule has 1 heterocycles. The van der Waals surface area contributed by atoms with Gasteiger partial charge in [0.1, 0.15) is 0 Å². The molecule has 0 unspecified atom stereocenters. The van der Waals surface area contributed by atoms with Gasteiger partial charge in [-0.2, -0.15) is 0 Å². The van der Waals surface area contributed by atoms with Crippen LogP contribution in [-0.2, 0) is 4.79 Å². The van der Waals surface area contributed by atoms with Gasteiger partial charge >= 0.3 is 6.30 Å². The Morgan fingerprint density at radius 3 is 2.39 bits per heavy atom. The maximum absolute atomic E-state index is 13.4. The fraction of sp³-hybridized carbons (Fsp3) is 0.0625. The minimum atomic E-state index is -4.73. The SMILES string of the molecule is O=C1Nc2ccccc2C1=CN(c1ccccc1Cl)C(F)(F)F. The lowest BCUT2D eigenvalue weighted by atomic mass is 10.1. The van der Waals surface area contributed by atoms with Crippen LogP contribution in [0.4, 0.5) is 24.5 Å². The molecule has 2 aromatic carbocycles. The van der Waals surface area contributed by atoms with Crippen LogP contribution in [0.15, 0.2) is 54.7 Å². The third-order valence-electron chi connectivity index (χ3n) is 3.35. The molecule has 3 rings (SSSR count). The number of carbonyl (C=O) groups excluding carboxylic acids is 1. The van der Waals surface area contributed by atoms with E-state index in [1.807, 2.05) is 0 Å². The predicted molar refractivity (Wildman–Crippen MR) is 83.0 cm³/mol. The lowest BCUT2D eigenvalue weighted by Crippen LogP contribution is -2.34. The van der Waals surface area contributed by atoms with Crippen LogP contribution in [0, 0.1) is 0 Å². The van der Waals surface area contributed by atoms with E-state index >= 15 is 0 Å². The van der Waals surface area contributed by atoms with Gasteiger partial charge in [-0.05, 0) is 18.2 Å². The minimum Gasteiger partial charge on any atom is -0.321 e. The Labute approximate surface area is 135 Å². The molecule has 0 spiro atoms. The van der Waals surface area contributed by atoms with Gasteiger partial charge in [0.2, 0.25) is 0 Å². The van der Waals surface area contributed by atoms with Crippen molar-refractivity contribution >= 4 is 34.5 Å². The highest BCUT2D eigenvalue weighted by molar-refractivity contribution is 6.34. The van der Waals surface area contributed by atoms with E-state index < -0.39 is 12.2 Å². The van der Waals surface area contributed by atoms with Gasteiger partial charge in [-0.1, -0.05) is 41.9 Å². The maximum Gasteiger partial charge on any atom is 0.488 e. The number of halogens is 4. The van der Waals surface area contributed by atoms with Crippen LogP contribution in [0.2, 0.25) is 5.02 Å². The van der Waals surface area contributed by atoms with Gasteiger partial charge in [0.25, 0.3) is 5.91 Å². The quantitative estimate of drug-likeness (QED) is 0.638. The molecule has 0 aliphatic carbocycles. The lowest BCUT2D eigenvalue weighted by Gasteiger charge is -2.24. The molecule has 0 atom stereocenters. The van der Waals surface area contributed by atoms with Crippen molar-refractivity contribution in [3.8, 4) is 0 Å². The predicted octanol–water partition coefficient (Wildman–Crippen LogP) is 4.66. The second kappa shape index (κ2) is 5.62. The molecule has 0 saturated carbocycles. The standard InChI is InChI=1S/C16H10ClF3N2O/c17-12-6-2-4-8-14(12)22(16(18,19)20)9-11-10-5-1-3-7-13(10)21-15(11)23/h1-9H,(H,21,23). The highest BCUT2D eigenvalue weighted by atomic mass is 35.5. The summed E-state index contributed by atoms with van der Waals surface area (Å²) in [7, 11) is 0. The second-order valence-corrected chi connectivity index (χ2v) is 5.24. The molecule has 0 saturated heterocycles. The molecular formula is C16H10ClF3N2O. The van der Waals surface area contributed by atoms with Crippen LogP contribution in [0.5, 0.6) is 0 Å². The number of alkyl halides is 3. The Hall–Kier alpha value is -2.47. The first kappa shape index (κ1) is 15.4. The van der Waals surface area contributed by atoms with Crippen molar-refractivity contribution < 1.29 is 18.0 Å². The van der Waals surface area contributed by atoms with Gasteiger partial charge < -0.3 is 5.32 Å². The fourth-order valence-electron chi connectivity index (χ4n) is 2.32. The number of hydrogen-bond donors (Lipinski definition) is 1. The summed E-state index contributed by atoms with van der Waals surface area (Å²) in [5, 5.41) is 2.47. The van der Waals surface area contributed by atoms with Crippen LogP contribution in [0.25, 0.3) is 5.57 Å². The summed E-state index contributed by atoms with van der Waals surface area (Å²) in [6, 6.07) is 12.1. The number of rotatable bonds is 2. The van der Waals surface area contributed by atoms with Crippen molar-refractivity contribution in [1.82, 2.24) is 0 Å².